The quantitative estimate of drug-likeness (QED) is 0.851. The molecule has 2 rings (SSSR count). The van der Waals surface area contributed by atoms with Crippen molar-refractivity contribution in [3.8, 4) is 5.75 Å². The van der Waals surface area contributed by atoms with Crippen molar-refractivity contribution in [2.24, 2.45) is 0 Å². The van der Waals surface area contributed by atoms with Crippen LogP contribution in [0.2, 0.25) is 0 Å². The largest absolute Gasteiger partial charge is 0.497 e. The molecule has 2 heteroatoms. The molecule has 0 aliphatic heterocycles. The van der Waals surface area contributed by atoms with E-state index in [0.29, 0.717) is 5.92 Å². The Hall–Kier alpha value is -1.80. The van der Waals surface area contributed by atoms with Crippen LogP contribution in [0.5, 0.6) is 5.75 Å². The van der Waals surface area contributed by atoms with Crippen molar-refractivity contribution in [3.05, 3.63) is 65.7 Å². The molecular formula is C17H21NO. The predicted octanol–water partition coefficient (Wildman–Crippen LogP) is 3.59. The molecule has 19 heavy (non-hydrogen) atoms. The third kappa shape index (κ3) is 4.11. The molecule has 0 bridgehead atoms. The molecule has 0 amide bonds. The Balaban J connectivity index is 1.79. The summed E-state index contributed by atoms with van der Waals surface area (Å²) >= 11 is 0. The first-order valence-corrected chi connectivity index (χ1v) is 6.68. The Kier molecular flexibility index (Phi) is 4.99. The van der Waals surface area contributed by atoms with Crippen LogP contribution in [0, 0.1) is 0 Å². The van der Waals surface area contributed by atoms with Gasteiger partial charge in [-0.2, -0.15) is 0 Å². The molecule has 0 aromatic heterocycles. The Morgan fingerprint density at radius 1 is 1.00 bits per heavy atom. The van der Waals surface area contributed by atoms with Crippen LogP contribution >= 0.6 is 0 Å². The molecular weight excluding hydrogens is 234 g/mol. The fourth-order valence-corrected chi connectivity index (χ4v) is 2.08. The summed E-state index contributed by atoms with van der Waals surface area (Å²) in [5, 5.41) is 3.50. The van der Waals surface area contributed by atoms with Crippen LogP contribution in [0.3, 0.4) is 0 Å². The summed E-state index contributed by atoms with van der Waals surface area (Å²) in [5.74, 6) is 1.43. The van der Waals surface area contributed by atoms with Crippen molar-refractivity contribution < 1.29 is 4.74 Å². The standard InChI is InChI=1S/C17H21NO/c1-14(16-6-4-3-5-7-16)12-18-13-15-8-10-17(19-2)11-9-15/h3-11,14,18H,12-13H2,1-2H3/t14-/m1/s1. The highest BCUT2D eigenvalue weighted by Gasteiger charge is 2.03. The van der Waals surface area contributed by atoms with Crippen LogP contribution in [-0.2, 0) is 6.54 Å². The van der Waals surface area contributed by atoms with E-state index in [4.69, 9.17) is 4.74 Å². The van der Waals surface area contributed by atoms with Crippen molar-refractivity contribution in [1.29, 1.82) is 0 Å². The van der Waals surface area contributed by atoms with E-state index in [2.05, 4.69) is 54.7 Å². The molecule has 2 aromatic carbocycles. The molecule has 0 radical (unpaired) electrons. The lowest BCUT2D eigenvalue weighted by molar-refractivity contribution is 0.414. The van der Waals surface area contributed by atoms with E-state index in [1.165, 1.54) is 11.1 Å². The fourth-order valence-electron chi connectivity index (χ4n) is 2.08. The van der Waals surface area contributed by atoms with Gasteiger partial charge in [-0.15, -0.1) is 0 Å². The van der Waals surface area contributed by atoms with E-state index < -0.39 is 0 Å². The summed E-state index contributed by atoms with van der Waals surface area (Å²) < 4.78 is 5.15. The Morgan fingerprint density at radius 2 is 1.68 bits per heavy atom. The summed E-state index contributed by atoms with van der Waals surface area (Å²) in [5.41, 5.74) is 2.66. The lowest BCUT2D eigenvalue weighted by atomic mass is 10.0. The zero-order valence-electron chi connectivity index (χ0n) is 11.6. The maximum atomic E-state index is 5.15. The minimum Gasteiger partial charge on any atom is -0.497 e. The van der Waals surface area contributed by atoms with Gasteiger partial charge in [0.15, 0.2) is 0 Å². The molecule has 1 N–H and O–H groups in total. The maximum absolute atomic E-state index is 5.15. The molecule has 0 heterocycles. The lowest BCUT2D eigenvalue weighted by Crippen LogP contribution is -2.19. The van der Waals surface area contributed by atoms with Crippen molar-refractivity contribution in [2.75, 3.05) is 13.7 Å². The predicted molar refractivity (Wildman–Crippen MR) is 79.6 cm³/mol. The molecule has 0 aliphatic carbocycles. The average Bonchev–Trinajstić information content (AvgIpc) is 2.49. The van der Waals surface area contributed by atoms with E-state index >= 15 is 0 Å². The van der Waals surface area contributed by atoms with Gasteiger partial charge in [0.25, 0.3) is 0 Å². The van der Waals surface area contributed by atoms with Gasteiger partial charge in [0.2, 0.25) is 0 Å². The summed E-state index contributed by atoms with van der Waals surface area (Å²) in [6.07, 6.45) is 0. The number of methoxy groups -OCH3 is 1. The number of nitrogens with one attached hydrogen (secondary N) is 1. The summed E-state index contributed by atoms with van der Waals surface area (Å²) in [7, 11) is 1.69. The molecule has 0 unspecified atom stereocenters. The SMILES string of the molecule is COc1ccc(CNC[C@@H](C)c2ccccc2)cc1. The zero-order chi connectivity index (χ0) is 13.5. The van der Waals surface area contributed by atoms with Crippen LogP contribution in [0.15, 0.2) is 54.6 Å². The van der Waals surface area contributed by atoms with Crippen molar-refractivity contribution >= 4 is 0 Å². The molecule has 0 fully saturated rings. The van der Waals surface area contributed by atoms with Gasteiger partial charge in [0.1, 0.15) is 5.75 Å². The molecule has 0 saturated heterocycles. The van der Waals surface area contributed by atoms with Gasteiger partial charge < -0.3 is 10.1 Å². The molecule has 0 aliphatic rings. The van der Waals surface area contributed by atoms with Gasteiger partial charge in [-0.05, 0) is 29.2 Å². The summed E-state index contributed by atoms with van der Waals surface area (Å²) in [6.45, 7) is 4.12. The van der Waals surface area contributed by atoms with E-state index in [9.17, 15) is 0 Å². The van der Waals surface area contributed by atoms with Crippen LogP contribution in [0.25, 0.3) is 0 Å². The monoisotopic (exact) mass is 255 g/mol. The summed E-state index contributed by atoms with van der Waals surface area (Å²) in [6, 6.07) is 18.8. The van der Waals surface area contributed by atoms with Crippen molar-refractivity contribution in [1.82, 2.24) is 5.32 Å². The average molecular weight is 255 g/mol. The number of ether oxygens (including phenoxy) is 1. The molecule has 1 atom stereocenters. The Morgan fingerprint density at radius 3 is 2.32 bits per heavy atom. The highest BCUT2D eigenvalue weighted by molar-refractivity contribution is 5.27. The van der Waals surface area contributed by atoms with E-state index in [0.717, 1.165) is 18.8 Å². The molecule has 0 saturated carbocycles. The maximum Gasteiger partial charge on any atom is 0.118 e. The third-order valence-electron chi connectivity index (χ3n) is 3.31. The molecule has 100 valence electrons. The summed E-state index contributed by atoms with van der Waals surface area (Å²) in [4.78, 5) is 0. The first-order valence-electron chi connectivity index (χ1n) is 6.68. The lowest BCUT2D eigenvalue weighted by Gasteiger charge is -2.13. The molecule has 2 aromatic rings. The first kappa shape index (κ1) is 13.6. The van der Waals surface area contributed by atoms with Gasteiger partial charge >= 0.3 is 0 Å². The highest BCUT2D eigenvalue weighted by Crippen LogP contribution is 2.14. The second-order valence-corrected chi connectivity index (χ2v) is 4.79. The van der Waals surface area contributed by atoms with Crippen molar-refractivity contribution in [2.45, 2.75) is 19.4 Å². The highest BCUT2D eigenvalue weighted by atomic mass is 16.5. The molecule has 0 spiro atoms. The van der Waals surface area contributed by atoms with E-state index in [1.54, 1.807) is 7.11 Å². The van der Waals surface area contributed by atoms with Gasteiger partial charge in [-0.3, -0.25) is 0 Å². The van der Waals surface area contributed by atoms with Gasteiger partial charge in [0, 0.05) is 13.1 Å². The van der Waals surface area contributed by atoms with E-state index in [1.807, 2.05) is 12.1 Å². The normalized spacial score (nSPS) is 12.1. The molecule has 2 nitrogen and oxygen atoms in total. The van der Waals surface area contributed by atoms with Crippen LogP contribution in [0.1, 0.15) is 24.0 Å². The second kappa shape index (κ2) is 6.95. The second-order valence-electron chi connectivity index (χ2n) is 4.79. The Labute approximate surface area is 115 Å². The Bertz CT molecular complexity index is 478. The number of hydrogen-bond donors (Lipinski definition) is 1. The van der Waals surface area contributed by atoms with Crippen LogP contribution in [-0.4, -0.2) is 13.7 Å². The fraction of sp³-hybridized carbons (Fsp3) is 0.294. The smallest absolute Gasteiger partial charge is 0.118 e. The minimum absolute atomic E-state index is 0.527. The van der Waals surface area contributed by atoms with Crippen molar-refractivity contribution in [3.63, 3.8) is 0 Å². The van der Waals surface area contributed by atoms with Crippen LogP contribution < -0.4 is 10.1 Å². The van der Waals surface area contributed by atoms with Gasteiger partial charge in [-0.25, -0.2) is 0 Å². The number of rotatable bonds is 6. The minimum atomic E-state index is 0.527. The topological polar surface area (TPSA) is 21.3 Å². The van der Waals surface area contributed by atoms with Gasteiger partial charge in [-0.1, -0.05) is 49.4 Å². The van der Waals surface area contributed by atoms with E-state index in [-0.39, 0.29) is 0 Å². The number of hydrogen-bond acceptors (Lipinski definition) is 2. The zero-order valence-corrected chi connectivity index (χ0v) is 11.6. The third-order valence-corrected chi connectivity index (χ3v) is 3.31. The first-order chi connectivity index (χ1) is 9.29. The van der Waals surface area contributed by atoms with Gasteiger partial charge in [0.05, 0.1) is 7.11 Å². The number of benzene rings is 2. The van der Waals surface area contributed by atoms with Crippen LogP contribution in [0.4, 0.5) is 0 Å².